The SMILES string of the molecule is CC[C@H](C(=O)NC1CCCC1)N(CCc1ccccc1)C(=O)CCCN(c1cc(Cl)ccc1Cl)S(C)(=O)=O. The van der Waals surface area contributed by atoms with Gasteiger partial charge in [-0.3, -0.25) is 13.9 Å². The van der Waals surface area contributed by atoms with Crippen molar-refractivity contribution in [2.24, 2.45) is 0 Å². The Bertz CT molecular complexity index is 1190. The van der Waals surface area contributed by atoms with Gasteiger partial charge < -0.3 is 10.2 Å². The Morgan fingerprint density at radius 3 is 2.37 bits per heavy atom. The molecule has 1 aliphatic carbocycles. The van der Waals surface area contributed by atoms with Crippen molar-refractivity contribution < 1.29 is 18.0 Å². The fraction of sp³-hybridized carbons (Fsp3) is 0.500. The zero-order valence-corrected chi connectivity index (χ0v) is 24.4. The molecule has 1 atom stereocenters. The second-order valence-corrected chi connectivity index (χ2v) is 12.5. The average Bonchev–Trinajstić information content (AvgIpc) is 3.38. The zero-order valence-electron chi connectivity index (χ0n) is 22.0. The molecule has 0 unspecified atom stereocenters. The largest absolute Gasteiger partial charge is 0.352 e. The van der Waals surface area contributed by atoms with Crippen molar-refractivity contribution in [2.75, 3.05) is 23.7 Å². The molecular weight excluding hydrogens is 545 g/mol. The molecule has 10 heteroatoms. The van der Waals surface area contributed by atoms with E-state index in [-0.39, 0.29) is 48.0 Å². The minimum absolute atomic E-state index is 0.0578. The molecule has 7 nitrogen and oxygen atoms in total. The number of carbonyl (C=O) groups is 2. The Hall–Kier alpha value is -2.29. The van der Waals surface area contributed by atoms with Gasteiger partial charge in [0.15, 0.2) is 0 Å². The number of benzene rings is 2. The molecule has 2 aromatic rings. The maximum atomic E-state index is 13.5. The van der Waals surface area contributed by atoms with Crippen LogP contribution in [0.5, 0.6) is 0 Å². The molecule has 2 amide bonds. The van der Waals surface area contributed by atoms with Crippen LogP contribution in [0, 0.1) is 0 Å². The van der Waals surface area contributed by atoms with E-state index >= 15 is 0 Å². The van der Waals surface area contributed by atoms with E-state index in [2.05, 4.69) is 5.32 Å². The summed E-state index contributed by atoms with van der Waals surface area (Å²) in [6.07, 6.45) is 6.70. The van der Waals surface area contributed by atoms with Crippen LogP contribution in [0.1, 0.15) is 57.4 Å². The third kappa shape index (κ3) is 8.61. The molecule has 38 heavy (non-hydrogen) atoms. The van der Waals surface area contributed by atoms with E-state index in [0.29, 0.717) is 24.4 Å². The van der Waals surface area contributed by atoms with E-state index in [1.54, 1.807) is 17.0 Å². The van der Waals surface area contributed by atoms with Crippen LogP contribution < -0.4 is 9.62 Å². The maximum absolute atomic E-state index is 13.5. The standard InChI is InChI=1S/C28H37Cl2N3O4S/c1-3-25(28(35)31-23-12-7-8-13-23)32(19-17-21-10-5-4-6-11-21)27(34)14-9-18-33(38(2,36)37)26-20-22(29)15-16-24(26)30/h4-6,10-11,15-16,20,23,25H,3,7-9,12-14,17-19H2,1-2H3,(H,31,35)/t25-/m1/s1. The van der Waals surface area contributed by atoms with Gasteiger partial charge in [0.1, 0.15) is 6.04 Å². The average molecular weight is 583 g/mol. The fourth-order valence-electron chi connectivity index (χ4n) is 4.92. The third-order valence-corrected chi connectivity index (χ3v) is 8.64. The molecule has 0 bridgehead atoms. The normalized spacial score (nSPS) is 14.7. The first-order valence-electron chi connectivity index (χ1n) is 13.2. The van der Waals surface area contributed by atoms with Crippen LogP contribution in [0.3, 0.4) is 0 Å². The Balaban J connectivity index is 1.73. The van der Waals surface area contributed by atoms with Crippen LogP contribution in [0.25, 0.3) is 0 Å². The van der Waals surface area contributed by atoms with Crippen molar-refractivity contribution in [2.45, 2.75) is 70.4 Å². The van der Waals surface area contributed by atoms with Gasteiger partial charge in [0.25, 0.3) is 0 Å². The molecular formula is C28H37Cl2N3O4S. The summed E-state index contributed by atoms with van der Waals surface area (Å²) in [7, 11) is -3.67. The molecule has 1 N–H and O–H groups in total. The lowest BCUT2D eigenvalue weighted by molar-refractivity contribution is -0.141. The Morgan fingerprint density at radius 1 is 1.05 bits per heavy atom. The second kappa shape index (κ2) is 14.2. The lowest BCUT2D eigenvalue weighted by Gasteiger charge is -2.32. The molecule has 1 aliphatic rings. The lowest BCUT2D eigenvalue weighted by Crippen LogP contribution is -2.52. The van der Waals surface area contributed by atoms with E-state index in [1.807, 2.05) is 37.3 Å². The number of anilines is 1. The topological polar surface area (TPSA) is 86.8 Å². The van der Waals surface area contributed by atoms with Crippen LogP contribution in [-0.4, -0.2) is 56.6 Å². The minimum Gasteiger partial charge on any atom is -0.352 e. The molecule has 0 aromatic heterocycles. The highest BCUT2D eigenvalue weighted by Crippen LogP contribution is 2.31. The van der Waals surface area contributed by atoms with Crippen LogP contribution in [0.2, 0.25) is 10.0 Å². The monoisotopic (exact) mass is 581 g/mol. The van der Waals surface area contributed by atoms with Gasteiger partial charge >= 0.3 is 0 Å². The third-order valence-electron chi connectivity index (χ3n) is 6.90. The summed E-state index contributed by atoms with van der Waals surface area (Å²) in [5, 5.41) is 3.76. The molecule has 0 saturated heterocycles. The van der Waals surface area contributed by atoms with E-state index < -0.39 is 16.1 Å². The number of rotatable bonds is 13. The van der Waals surface area contributed by atoms with Gasteiger partial charge in [-0.1, -0.05) is 73.3 Å². The van der Waals surface area contributed by atoms with E-state index in [9.17, 15) is 18.0 Å². The Labute approximate surface area is 236 Å². The van der Waals surface area contributed by atoms with E-state index in [4.69, 9.17) is 23.2 Å². The van der Waals surface area contributed by atoms with E-state index in [0.717, 1.165) is 37.5 Å². The number of carbonyl (C=O) groups excluding carboxylic acids is 2. The predicted octanol–water partition coefficient (Wildman–Crippen LogP) is 5.45. The van der Waals surface area contributed by atoms with Crippen LogP contribution in [0.4, 0.5) is 5.69 Å². The molecule has 3 rings (SSSR count). The number of halogens is 2. The second-order valence-electron chi connectivity index (χ2n) is 9.77. The molecule has 208 valence electrons. The summed E-state index contributed by atoms with van der Waals surface area (Å²) in [4.78, 5) is 28.4. The molecule has 2 aromatic carbocycles. The lowest BCUT2D eigenvalue weighted by atomic mass is 10.1. The molecule has 0 heterocycles. The maximum Gasteiger partial charge on any atom is 0.243 e. The van der Waals surface area contributed by atoms with Crippen molar-refractivity contribution in [1.82, 2.24) is 10.2 Å². The molecule has 0 aliphatic heterocycles. The Morgan fingerprint density at radius 2 is 1.74 bits per heavy atom. The molecule has 1 saturated carbocycles. The van der Waals surface area contributed by atoms with E-state index in [1.165, 1.54) is 10.4 Å². The number of nitrogens with zero attached hydrogens (tertiary/aromatic N) is 2. The van der Waals surface area contributed by atoms with Crippen molar-refractivity contribution >= 4 is 50.7 Å². The number of sulfonamides is 1. The predicted molar refractivity (Wildman–Crippen MR) is 154 cm³/mol. The minimum atomic E-state index is -3.67. The Kier molecular flexibility index (Phi) is 11.3. The molecule has 1 fully saturated rings. The summed E-state index contributed by atoms with van der Waals surface area (Å²) in [6, 6.07) is 14.1. The number of amides is 2. The number of hydrogen-bond acceptors (Lipinski definition) is 4. The van der Waals surface area contributed by atoms with Crippen LogP contribution in [-0.2, 0) is 26.0 Å². The van der Waals surface area contributed by atoms with Crippen molar-refractivity contribution in [1.29, 1.82) is 0 Å². The van der Waals surface area contributed by atoms with Gasteiger partial charge in [-0.15, -0.1) is 0 Å². The summed E-state index contributed by atoms with van der Waals surface area (Å²) in [6.45, 7) is 2.37. The van der Waals surface area contributed by atoms with Gasteiger partial charge in [0, 0.05) is 30.6 Å². The van der Waals surface area contributed by atoms with Gasteiger partial charge in [-0.25, -0.2) is 8.42 Å². The summed E-state index contributed by atoms with van der Waals surface area (Å²) >= 11 is 12.4. The highest BCUT2D eigenvalue weighted by atomic mass is 35.5. The van der Waals surface area contributed by atoms with Gasteiger partial charge in [0.05, 0.1) is 17.0 Å². The van der Waals surface area contributed by atoms with Crippen LogP contribution >= 0.6 is 23.2 Å². The molecule has 0 radical (unpaired) electrons. The summed E-state index contributed by atoms with van der Waals surface area (Å²) in [5.41, 5.74) is 1.35. The number of hydrogen-bond donors (Lipinski definition) is 1. The van der Waals surface area contributed by atoms with Gasteiger partial charge in [-0.05, 0) is 55.9 Å². The number of nitrogens with one attached hydrogen (secondary N) is 1. The summed E-state index contributed by atoms with van der Waals surface area (Å²) in [5.74, 6) is -0.302. The zero-order chi connectivity index (χ0) is 27.7. The van der Waals surface area contributed by atoms with Crippen molar-refractivity contribution in [3.8, 4) is 0 Å². The smallest absolute Gasteiger partial charge is 0.243 e. The summed E-state index contributed by atoms with van der Waals surface area (Å²) < 4.78 is 26.3. The first-order valence-corrected chi connectivity index (χ1v) is 15.8. The van der Waals surface area contributed by atoms with Crippen molar-refractivity contribution in [3.63, 3.8) is 0 Å². The fourth-order valence-corrected chi connectivity index (χ4v) is 6.33. The van der Waals surface area contributed by atoms with Gasteiger partial charge in [-0.2, -0.15) is 0 Å². The quantitative estimate of drug-likeness (QED) is 0.341. The van der Waals surface area contributed by atoms with Crippen molar-refractivity contribution in [3.05, 3.63) is 64.1 Å². The molecule has 0 spiro atoms. The highest BCUT2D eigenvalue weighted by Gasteiger charge is 2.30. The van der Waals surface area contributed by atoms with Gasteiger partial charge in [0.2, 0.25) is 21.8 Å². The highest BCUT2D eigenvalue weighted by molar-refractivity contribution is 7.92. The van der Waals surface area contributed by atoms with Crippen LogP contribution in [0.15, 0.2) is 48.5 Å². The first-order chi connectivity index (χ1) is 18.1. The first kappa shape index (κ1) is 30.3.